The fourth-order valence-corrected chi connectivity index (χ4v) is 1.83. The SMILES string of the molecule is Clc1cccc2oc(-c3ccccc3)nc12. The Balaban J connectivity index is 2.23. The van der Waals surface area contributed by atoms with Gasteiger partial charge in [0.25, 0.3) is 0 Å². The second-order valence-electron chi connectivity index (χ2n) is 3.47. The standard InChI is InChI=1S/C13H8ClNO/c14-10-7-4-8-11-12(10)15-13(16-11)9-5-2-1-3-6-9/h1-8H. The minimum Gasteiger partial charge on any atom is -0.436 e. The lowest BCUT2D eigenvalue weighted by Gasteiger charge is -1.91. The first-order chi connectivity index (χ1) is 7.84. The van der Waals surface area contributed by atoms with Gasteiger partial charge < -0.3 is 4.42 Å². The minimum absolute atomic E-state index is 0.601. The molecule has 2 aromatic carbocycles. The molecule has 0 aliphatic rings. The number of nitrogens with zero attached hydrogens (tertiary/aromatic N) is 1. The summed E-state index contributed by atoms with van der Waals surface area (Å²) < 4.78 is 5.64. The third-order valence-electron chi connectivity index (χ3n) is 2.39. The van der Waals surface area contributed by atoms with Crippen LogP contribution in [-0.2, 0) is 0 Å². The summed E-state index contributed by atoms with van der Waals surface area (Å²) >= 11 is 6.04. The topological polar surface area (TPSA) is 26.0 Å². The van der Waals surface area contributed by atoms with Crippen molar-refractivity contribution >= 4 is 22.7 Å². The Bertz CT molecular complexity index is 631. The molecule has 0 spiro atoms. The van der Waals surface area contributed by atoms with Crippen LogP contribution in [0.3, 0.4) is 0 Å². The van der Waals surface area contributed by atoms with Crippen LogP contribution >= 0.6 is 11.6 Å². The zero-order chi connectivity index (χ0) is 11.0. The molecule has 0 unspecified atom stereocenters. The summed E-state index contributed by atoms with van der Waals surface area (Å²) in [6, 6.07) is 15.3. The molecule has 3 rings (SSSR count). The van der Waals surface area contributed by atoms with E-state index in [-0.39, 0.29) is 0 Å². The summed E-state index contributed by atoms with van der Waals surface area (Å²) in [4.78, 5) is 4.38. The quantitative estimate of drug-likeness (QED) is 0.627. The van der Waals surface area contributed by atoms with Crippen molar-refractivity contribution in [1.29, 1.82) is 0 Å². The lowest BCUT2D eigenvalue weighted by Crippen LogP contribution is -1.75. The molecule has 2 nitrogen and oxygen atoms in total. The number of fused-ring (bicyclic) bond motifs is 1. The van der Waals surface area contributed by atoms with Gasteiger partial charge in [-0.25, -0.2) is 4.98 Å². The van der Waals surface area contributed by atoms with Crippen LogP contribution in [0.5, 0.6) is 0 Å². The van der Waals surface area contributed by atoms with Crippen molar-refractivity contribution in [1.82, 2.24) is 4.98 Å². The Morgan fingerprint density at radius 3 is 2.50 bits per heavy atom. The van der Waals surface area contributed by atoms with Gasteiger partial charge in [-0.05, 0) is 24.3 Å². The van der Waals surface area contributed by atoms with Crippen LogP contribution in [0.15, 0.2) is 52.9 Å². The molecule has 1 aromatic heterocycles. The molecule has 3 aromatic rings. The van der Waals surface area contributed by atoms with Gasteiger partial charge in [0.2, 0.25) is 5.89 Å². The first-order valence-electron chi connectivity index (χ1n) is 4.95. The Labute approximate surface area is 97.5 Å². The molecule has 0 amide bonds. The van der Waals surface area contributed by atoms with E-state index in [0.29, 0.717) is 22.0 Å². The van der Waals surface area contributed by atoms with Crippen LogP contribution in [0.2, 0.25) is 5.02 Å². The van der Waals surface area contributed by atoms with Crippen LogP contribution in [0.25, 0.3) is 22.6 Å². The largest absolute Gasteiger partial charge is 0.436 e. The normalized spacial score (nSPS) is 10.8. The predicted octanol–water partition coefficient (Wildman–Crippen LogP) is 4.15. The highest BCUT2D eigenvalue weighted by molar-refractivity contribution is 6.34. The van der Waals surface area contributed by atoms with Crippen LogP contribution in [0.1, 0.15) is 0 Å². The highest BCUT2D eigenvalue weighted by atomic mass is 35.5. The molecule has 0 fully saturated rings. The molecule has 0 bridgehead atoms. The van der Waals surface area contributed by atoms with Crippen molar-refractivity contribution in [3.05, 3.63) is 53.6 Å². The van der Waals surface area contributed by atoms with Crippen LogP contribution < -0.4 is 0 Å². The lowest BCUT2D eigenvalue weighted by molar-refractivity contribution is 0.620. The lowest BCUT2D eigenvalue weighted by atomic mass is 10.2. The molecule has 78 valence electrons. The monoisotopic (exact) mass is 229 g/mol. The number of rotatable bonds is 1. The van der Waals surface area contributed by atoms with Crippen molar-refractivity contribution in [2.75, 3.05) is 0 Å². The number of hydrogen-bond acceptors (Lipinski definition) is 2. The van der Waals surface area contributed by atoms with Gasteiger partial charge in [-0.1, -0.05) is 35.9 Å². The number of aromatic nitrogens is 1. The summed E-state index contributed by atoms with van der Waals surface area (Å²) in [5.41, 5.74) is 2.38. The molecule has 0 saturated carbocycles. The molecular weight excluding hydrogens is 222 g/mol. The summed E-state index contributed by atoms with van der Waals surface area (Å²) in [6.07, 6.45) is 0. The molecule has 3 heteroatoms. The molecule has 0 aliphatic heterocycles. The smallest absolute Gasteiger partial charge is 0.227 e. The summed E-state index contributed by atoms with van der Waals surface area (Å²) in [7, 11) is 0. The predicted molar refractivity (Wildman–Crippen MR) is 64.5 cm³/mol. The summed E-state index contributed by atoms with van der Waals surface area (Å²) in [5, 5.41) is 0.614. The van der Waals surface area contributed by atoms with Gasteiger partial charge >= 0.3 is 0 Å². The first-order valence-corrected chi connectivity index (χ1v) is 5.33. The second-order valence-corrected chi connectivity index (χ2v) is 3.88. The first kappa shape index (κ1) is 9.43. The average molecular weight is 230 g/mol. The van der Waals surface area contributed by atoms with Crippen molar-refractivity contribution in [2.45, 2.75) is 0 Å². The molecular formula is C13H8ClNO. The van der Waals surface area contributed by atoms with Gasteiger partial charge in [0.05, 0.1) is 5.02 Å². The summed E-state index contributed by atoms with van der Waals surface area (Å²) in [6.45, 7) is 0. The molecule has 16 heavy (non-hydrogen) atoms. The summed E-state index contributed by atoms with van der Waals surface area (Å²) in [5.74, 6) is 0.601. The molecule has 0 aliphatic carbocycles. The molecule has 1 heterocycles. The Hall–Kier alpha value is -1.80. The van der Waals surface area contributed by atoms with E-state index in [9.17, 15) is 0 Å². The van der Waals surface area contributed by atoms with Gasteiger partial charge in [0.15, 0.2) is 5.58 Å². The highest BCUT2D eigenvalue weighted by Crippen LogP contribution is 2.28. The number of hydrogen-bond donors (Lipinski definition) is 0. The Kier molecular flexibility index (Phi) is 2.15. The van der Waals surface area contributed by atoms with Gasteiger partial charge in [0.1, 0.15) is 5.52 Å². The molecule has 0 atom stereocenters. The second kappa shape index (κ2) is 3.65. The molecule has 0 radical (unpaired) electrons. The van der Waals surface area contributed by atoms with E-state index in [1.807, 2.05) is 42.5 Å². The van der Waals surface area contributed by atoms with Crippen LogP contribution in [-0.4, -0.2) is 4.98 Å². The van der Waals surface area contributed by atoms with E-state index in [0.717, 1.165) is 5.56 Å². The highest BCUT2D eigenvalue weighted by Gasteiger charge is 2.09. The fraction of sp³-hybridized carbons (Fsp3) is 0. The maximum atomic E-state index is 6.04. The maximum absolute atomic E-state index is 6.04. The zero-order valence-corrected chi connectivity index (χ0v) is 9.11. The van der Waals surface area contributed by atoms with E-state index in [1.54, 1.807) is 6.07 Å². The molecule has 0 saturated heterocycles. The number of para-hydroxylation sites is 1. The fourth-order valence-electron chi connectivity index (χ4n) is 1.62. The van der Waals surface area contributed by atoms with E-state index >= 15 is 0 Å². The van der Waals surface area contributed by atoms with Gasteiger partial charge in [-0.15, -0.1) is 0 Å². The Morgan fingerprint density at radius 1 is 0.938 bits per heavy atom. The van der Waals surface area contributed by atoms with Crippen molar-refractivity contribution < 1.29 is 4.42 Å². The number of halogens is 1. The van der Waals surface area contributed by atoms with Crippen LogP contribution in [0, 0.1) is 0 Å². The van der Waals surface area contributed by atoms with Gasteiger partial charge in [-0.2, -0.15) is 0 Å². The van der Waals surface area contributed by atoms with Crippen molar-refractivity contribution in [3.8, 4) is 11.5 Å². The third kappa shape index (κ3) is 1.48. The van der Waals surface area contributed by atoms with E-state index in [1.165, 1.54) is 0 Å². The van der Waals surface area contributed by atoms with E-state index in [4.69, 9.17) is 16.0 Å². The van der Waals surface area contributed by atoms with Crippen LogP contribution in [0.4, 0.5) is 0 Å². The van der Waals surface area contributed by atoms with Crippen molar-refractivity contribution in [3.63, 3.8) is 0 Å². The van der Waals surface area contributed by atoms with E-state index in [2.05, 4.69) is 4.98 Å². The zero-order valence-electron chi connectivity index (χ0n) is 8.35. The number of oxazole rings is 1. The Morgan fingerprint density at radius 2 is 1.75 bits per heavy atom. The molecule has 0 N–H and O–H groups in total. The van der Waals surface area contributed by atoms with Crippen molar-refractivity contribution in [2.24, 2.45) is 0 Å². The van der Waals surface area contributed by atoms with Gasteiger partial charge in [-0.3, -0.25) is 0 Å². The maximum Gasteiger partial charge on any atom is 0.227 e. The number of benzene rings is 2. The minimum atomic E-state index is 0.601. The average Bonchev–Trinajstić information content (AvgIpc) is 2.76. The van der Waals surface area contributed by atoms with E-state index < -0.39 is 0 Å². The van der Waals surface area contributed by atoms with Gasteiger partial charge in [0, 0.05) is 5.56 Å². The third-order valence-corrected chi connectivity index (χ3v) is 2.70.